The van der Waals surface area contributed by atoms with E-state index in [1.807, 2.05) is 54.6 Å². The highest BCUT2D eigenvalue weighted by molar-refractivity contribution is 6.10. The molecule has 0 spiro atoms. The minimum atomic E-state index is -1.19. The largest absolute Gasteiger partial charge is 0.325 e. The lowest BCUT2D eigenvalue weighted by atomic mass is 9.92. The van der Waals surface area contributed by atoms with Gasteiger partial charge in [0.05, 0.1) is 0 Å². The number of anilines is 1. The Kier molecular flexibility index (Phi) is 5.06. The lowest BCUT2D eigenvalue weighted by Gasteiger charge is -2.22. The summed E-state index contributed by atoms with van der Waals surface area (Å²) in [7, 11) is 0. The number of hydrogen-bond donors (Lipinski definition) is 2. The van der Waals surface area contributed by atoms with E-state index in [4.69, 9.17) is 0 Å². The lowest BCUT2D eigenvalue weighted by molar-refractivity contribution is -0.133. The average molecular weight is 399 g/mol. The molecule has 30 heavy (non-hydrogen) atoms. The molecule has 1 fully saturated rings. The first-order chi connectivity index (χ1) is 14.5. The number of hydrogen-bond acceptors (Lipinski definition) is 3. The maximum absolute atomic E-state index is 13.0. The van der Waals surface area contributed by atoms with Crippen LogP contribution in [0.5, 0.6) is 0 Å². The zero-order valence-corrected chi connectivity index (χ0v) is 16.5. The number of carbonyl (C=O) groups excluding carboxylic acids is 3. The number of benzene rings is 3. The van der Waals surface area contributed by atoms with Crippen molar-refractivity contribution < 1.29 is 14.4 Å². The van der Waals surface area contributed by atoms with E-state index in [1.165, 1.54) is 0 Å². The van der Waals surface area contributed by atoms with Gasteiger partial charge in [0.2, 0.25) is 5.91 Å². The standard InChI is InChI=1S/C24H21N3O3/c1-24(18-12-6-3-7-13-18)22(29)27(23(30)26-24)16-21(28)25-20-15-9-8-14-19(20)17-10-4-2-5-11-17/h2-15H,16H2,1H3,(H,25,28)(H,26,30). The van der Waals surface area contributed by atoms with Crippen LogP contribution in [0.25, 0.3) is 11.1 Å². The highest BCUT2D eigenvalue weighted by atomic mass is 16.2. The third-order valence-electron chi connectivity index (χ3n) is 5.21. The van der Waals surface area contributed by atoms with Crippen molar-refractivity contribution in [3.8, 4) is 11.1 Å². The Morgan fingerprint density at radius 2 is 1.50 bits per heavy atom. The molecule has 6 heteroatoms. The Balaban J connectivity index is 1.52. The van der Waals surface area contributed by atoms with Gasteiger partial charge in [0.1, 0.15) is 12.1 Å². The molecule has 4 rings (SSSR count). The van der Waals surface area contributed by atoms with Crippen molar-refractivity contribution in [1.82, 2.24) is 10.2 Å². The third-order valence-corrected chi connectivity index (χ3v) is 5.21. The van der Waals surface area contributed by atoms with Gasteiger partial charge in [0.25, 0.3) is 5.91 Å². The first-order valence-corrected chi connectivity index (χ1v) is 9.63. The second-order valence-electron chi connectivity index (χ2n) is 7.27. The summed E-state index contributed by atoms with van der Waals surface area (Å²) in [4.78, 5) is 39.1. The maximum atomic E-state index is 13.0. The van der Waals surface area contributed by atoms with Crippen molar-refractivity contribution in [3.05, 3.63) is 90.5 Å². The van der Waals surface area contributed by atoms with Crippen LogP contribution in [0.1, 0.15) is 12.5 Å². The van der Waals surface area contributed by atoms with Crippen LogP contribution in [0.2, 0.25) is 0 Å². The van der Waals surface area contributed by atoms with Gasteiger partial charge in [-0.2, -0.15) is 0 Å². The molecular formula is C24H21N3O3. The van der Waals surface area contributed by atoms with Crippen LogP contribution in [-0.4, -0.2) is 29.3 Å². The molecule has 4 amide bonds. The van der Waals surface area contributed by atoms with E-state index >= 15 is 0 Å². The second kappa shape index (κ2) is 7.83. The Morgan fingerprint density at radius 3 is 2.20 bits per heavy atom. The summed E-state index contributed by atoms with van der Waals surface area (Å²) < 4.78 is 0. The van der Waals surface area contributed by atoms with Gasteiger partial charge in [0, 0.05) is 11.3 Å². The number of para-hydroxylation sites is 1. The van der Waals surface area contributed by atoms with Crippen molar-refractivity contribution in [2.45, 2.75) is 12.5 Å². The van der Waals surface area contributed by atoms with Gasteiger partial charge in [-0.15, -0.1) is 0 Å². The van der Waals surface area contributed by atoms with E-state index in [1.54, 1.807) is 37.3 Å². The molecule has 1 unspecified atom stereocenters. The van der Waals surface area contributed by atoms with Gasteiger partial charge >= 0.3 is 6.03 Å². The number of nitrogens with one attached hydrogen (secondary N) is 2. The molecular weight excluding hydrogens is 378 g/mol. The fourth-order valence-corrected chi connectivity index (χ4v) is 3.60. The van der Waals surface area contributed by atoms with Crippen molar-refractivity contribution in [1.29, 1.82) is 0 Å². The van der Waals surface area contributed by atoms with Crippen LogP contribution in [-0.2, 0) is 15.1 Å². The molecule has 0 saturated carbocycles. The summed E-state index contributed by atoms with van der Waals surface area (Å²) >= 11 is 0. The maximum Gasteiger partial charge on any atom is 0.325 e. The summed E-state index contributed by atoms with van der Waals surface area (Å²) in [5.41, 5.74) is 1.91. The fourth-order valence-electron chi connectivity index (χ4n) is 3.60. The predicted molar refractivity (Wildman–Crippen MR) is 115 cm³/mol. The van der Waals surface area contributed by atoms with E-state index < -0.39 is 23.4 Å². The van der Waals surface area contributed by atoms with E-state index in [2.05, 4.69) is 10.6 Å². The molecule has 3 aromatic rings. The molecule has 1 saturated heterocycles. The van der Waals surface area contributed by atoms with Gasteiger partial charge in [-0.1, -0.05) is 78.9 Å². The summed E-state index contributed by atoms with van der Waals surface area (Å²) in [5, 5.41) is 5.54. The number of rotatable bonds is 5. The average Bonchev–Trinajstić information content (AvgIpc) is 2.99. The van der Waals surface area contributed by atoms with Crippen LogP contribution < -0.4 is 10.6 Å². The SMILES string of the molecule is CC1(c2ccccc2)NC(=O)N(CC(=O)Nc2ccccc2-c2ccccc2)C1=O. The molecule has 3 aromatic carbocycles. The zero-order chi connectivity index (χ0) is 21.1. The van der Waals surface area contributed by atoms with E-state index in [9.17, 15) is 14.4 Å². The molecule has 0 aromatic heterocycles. The van der Waals surface area contributed by atoms with Gasteiger partial charge in [-0.3, -0.25) is 14.5 Å². The van der Waals surface area contributed by atoms with Crippen LogP contribution in [0, 0.1) is 0 Å². The number of urea groups is 1. The first kappa shape index (κ1) is 19.4. The van der Waals surface area contributed by atoms with Crippen molar-refractivity contribution in [3.63, 3.8) is 0 Å². The number of nitrogens with zero attached hydrogens (tertiary/aromatic N) is 1. The van der Waals surface area contributed by atoms with Gasteiger partial charge < -0.3 is 10.6 Å². The zero-order valence-electron chi connectivity index (χ0n) is 16.5. The van der Waals surface area contributed by atoms with E-state index in [-0.39, 0.29) is 6.54 Å². The lowest BCUT2D eigenvalue weighted by Crippen LogP contribution is -2.42. The normalized spacial score (nSPS) is 18.2. The Labute approximate surface area is 174 Å². The van der Waals surface area contributed by atoms with Crippen LogP contribution in [0.3, 0.4) is 0 Å². The summed E-state index contributed by atoms with van der Waals surface area (Å²) in [6.07, 6.45) is 0. The quantitative estimate of drug-likeness (QED) is 0.641. The van der Waals surface area contributed by atoms with Crippen molar-refractivity contribution in [2.24, 2.45) is 0 Å². The second-order valence-corrected chi connectivity index (χ2v) is 7.27. The molecule has 150 valence electrons. The topological polar surface area (TPSA) is 78.5 Å². The highest BCUT2D eigenvalue weighted by Crippen LogP contribution is 2.30. The summed E-state index contributed by atoms with van der Waals surface area (Å²) in [6.45, 7) is 1.28. The molecule has 0 radical (unpaired) electrons. The summed E-state index contributed by atoms with van der Waals surface area (Å²) in [5.74, 6) is -0.899. The molecule has 0 bridgehead atoms. The smallest absolute Gasteiger partial charge is 0.324 e. The summed E-state index contributed by atoms with van der Waals surface area (Å²) in [6, 6.07) is 25.5. The Morgan fingerprint density at radius 1 is 0.900 bits per heavy atom. The molecule has 1 atom stereocenters. The predicted octanol–water partition coefficient (Wildman–Crippen LogP) is 3.76. The molecule has 1 heterocycles. The van der Waals surface area contributed by atoms with Crippen LogP contribution >= 0.6 is 0 Å². The van der Waals surface area contributed by atoms with Crippen molar-refractivity contribution >= 4 is 23.5 Å². The molecule has 1 aliphatic rings. The molecule has 6 nitrogen and oxygen atoms in total. The minimum Gasteiger partial charge on any atom is -0.324 e. The Bertz CT molecular complexity index is 1100. The highest BCUT2D eigenvalue weighted by Gasteiger charge is 2.49. The van der Waals surface area contributed by atoms with E-state index in [0.29, 0.717) is 11.3 Å². The van der Waals surface area contributed by atoms with Crippen LogP contribution in [0.15, 0.2) is 84.9 Å². The van der Waals surface area contributed by atoms with E-state index in [0.717, 1.165) is 16.0 Å². The number of imide groups is 1. The molecule has 1 aliphatic heterocycles. The third kappa shape index (κ3) is 3.55. The van der Waals surface area contributed by atoms with Gasteiger partial charge in [0.15, 0.2) is 0 Å². The van der Waals surface area contributed by atoms with Crippen LogP contribution in [0.4, 0.5) is 10.5 Å². The van der Waals surface area contributed by atoms with Gasteiger partial charge in [-0.25, -0.2) is 4.79 Å². The first-order valence-electron chi connectivity index (χ1n) is 9.63. The van der Waals surface area contributed by atoms with Crippen molar-refractivity contribution in [2.75, 3.05) is 11.9 Å². The Hall–Kier alpha value is -3.93. The molecule has 0 aliphatic carbocycles. The monoisotopic (exact) mass is 399 g/mol. The molecule has 2 N–H and O–H groups in total. The fraction of sp³-hybridized carbons (Fsp3) is 0.125. The number of amides is 4. The minimum absolute atomic E-state index is 0.365. The number of carbonyl (C=O) groups is 3. The van der Waals surface area contributed by atoms with Gasteiger partial charge in [-0.05, 0) is 24.1 Å².